The zero-order valence-corrected chi connectivity index (χ0v) is 22.4. The average molecular weight is 510 g/mol. The fourth-order valence-corrected chi connectivity index (χ4v) is 6.65. The second-order valence-corrected chi connectivity index (χ2v) is 11.6. The number of amidine groups is 1. The van der Waals surface area contributed by atoms with Gasteiger partial charge < -0.3 is 21.7 Å². The minimum atomic E-state index is -0.444. The Balaban J connectivity index is 1.47. The summed E-state index contributed by atoms with van der Waals surface area (Å²) in [6, 6.07) is 7.27. The molecule has 2 aliphatic carbocycles. The van der Waals surface area contributed by atoms with Crippen LogP contribution in [0.5, 0.6) is 0 Å². The molecule has 1 aliphatic heterocycles. The highest BCUT2D eigenvalue weighted by molar-refractivity contribution is 5.95. The van der Waals surface area contributed by atoms with Crippen LogP contribution in [0, 0.1) is 29.1 Å². The molecule has 3 aliphatic rings. The number of carbonyl (C=O) groups is 2. The molecule has 0 spiro atoms. The van der Waals surface area contributed by atoms with E-state index < -0.39 is 6.04 Å². The Kier molecular flexibility index (Phi) is 10.4. The number of nitrogen functional groups attached to an aromatic ring is 1. The predicted molar refractivity (Wildman–Crippen MR) is 148 cm³/mol. The smallest absolute Gasteiger partial charge is 0.242 e. The van der Waals surface area contributed by atoms with Gasteiger partial charge in [-0.3, -0.25) is 15.0 Å². The maximum atomic E-state index is 13.9. The lowest BCUT2D eigenvalue weighted by Gasteiger charge is -2.34. The summed E-state index contributed by atoms with van der Waals surface area (Å²) in [7, 11) is 0. The van der Waals surface area contributed by atoms with Crippen LogP contribution in [0.1, 0.15) is 88.2 Å². The number of hydrogen-bond acceptors (Lipinski definition) is 4. The van der Waals surface area contributed by atoms with Crippen molar-refractivity contribution in [3.63, 3.8) is 0 Å². The van der Waals surface area contributed by atoms with Gasteiger partial charge in [0.2, 0.25) is 11.8 Å². The molecule has 7 nitrogen and oxygen atoms in total. The van der Waals surface area contributed by atoms with Crippen molar-refractivity contribution in [3.05, 3.63) is 35.4 Å². The Morgan fingerprint density at radius 1 is 0.865 bits per heavy atom. The normalized spacial score (nSPS) is 21.6. The summed E-state index contributed by atoms with van der Waals surface area (Å²) < 4.78 is 0. The maximum absolute atomic E-state index is 13.9. The summed E-state index contributed by atoms with van der Waals surface area (Å²) in [4.78, 5) is 27.4. The number of amides is 2. The molecule has 0 aromatic heterocycles. The van der Waals surface area contributed by atoms with Gasteiger partial charge in [-0.2, -0.15) is 0 Å². The van der Waals surface area contributed by atoms with Crippen molar-refractivity contribution in [2.45, 2.75) is 89.5 Å². The molecule has 4 rings (SSSR count). The first kappa shape index (κ1) is 27.6. The van der Waals surface area contributed by atoms with Crippen LogP contribution in [0.2, 0.25) is 0 Å². The van der Waals surface area contributed by atoms with Crippen molar-refractivity contribution >= 4 is 17.6 Å². The molecule has 2 unspecified atom stereocenters. The van der Waals surface area contributed by atoms with Gasteiger partial charge in [0.05, 0.1) is 0 Å². The third-order valence-electron chi connectivity index (χ3n) is 9.00. The Labute approximate surface area is 222 Å². The van der Waals surface area contributed by atoms with Crippen molar-refractivity contribution in [1.29, 1.82) is 5.41 Å². The molecular formula is C30H47N5O2. The van der Waals surface area contributed by atoms with Crippen LogP contribution in [0.4, 0.5) is 0 Å². The summed E-state index contributed by atoms with van der Waals surface area (Å²) in [5.74, 6) is 1.02. The summed E-state index contributed by atoms with van der Waals surface area (Å²) in [6.45, 7) is 2.73. The fourth-order valence-electron chi connectivity index (χ4n) is 6.65. The molecule has 0 bridgehead atoms. The molecule has 2 amide bonds. The van der Waals surface area contributed by atoms with E-state index in [1.165, 1.54) is 25.7 Å². The predicted octanol–water partition coefficient (Wildman–Crippen LogP) is 3.89. The summed E-state index contributed by atoms with van der Waals surface area (Å²) in [5.41, 5.74) is 7.42. The van der Waals surface area contributed by atoms with Crippen LogP contribution in [0.3, 0.4) is 0 Å². The molecular weight excluding hydrogens is 462 g/mol. The minimum absolute atomic E-state index is 0.00647. The number of nitrogens with one attached hydrogen (secondary N) is 4. The number of nitrogens with two attached hydrogens (primary N) is 1. The van der Waals surface area contributed by atoms with Gasteiger partial charge >= 0.3 is 0 Å². The molecule has 1 aromatic carbocycles. The van der Waals surface area contributed by atoms with Crippen LogP contribution in [0.25, 0.3) is 0 Å². The molecule has 2 atom stereocenters. The maximum Gasteiger partial charge on any atom is 0.242 e. The van der Waals surface area contributed by atoms with E-state index >= 15 is 0 Å². The first-order chi connectivity index (χ1) is 18.0. The third kappa shape index (κ3) is 8.03. The summed E-state index contributed by atoms with van der Waals surface area (Å²) in [5, 5.41) is 17.6. The summed E-state index contributed by atoms with van der Waals surface area (Å²) in [6.07, 6.45) is 14.0. The quantitative estimate of drug-likeness (QED) is 0.243. The zero-order valence-electron chi connectivity index (χ0n) is 22.4. The monoisotopic (exact) mass is 509 g/mol. The highest BCUT2D eigenvalue weighted by Gasteiger charge is 2.36. The van der Waals surface area contributed by atoms with Crippen molar-refractivity contribution in [2.75, 3.05) is 19.6 Å². The lowest BCUT2D eigenvalue weighted by Crippen LogP contribution is -2.54. The number of rotatable bonds is 10. The van der Waals surface area contributed by atoms with Gasteiger partial charge in [-0.25, -0.2) is 0 Å². The SMILES string of the molecule is N=C(N)c1ccc(CC(C(=O)NC(C(=O)NCC2CCNCC2)C2CCCCC2)C2CCCCC2)cc1. The van der Waals surface area contributed by atoms with Gasteiger partial charge in [0.1, 0.15) is 11.9 Å². The van der Waals surface area contributed by atoms with Crippen LogP contribution in [-0.2, 0) is 16.0 Å². The highest BCUT2D eigenvalue weighted by atomic mass is 16.2. The number of hydrogen-bond donors (Lipinski definition) is 5. The molecule has 1 saturated heterocycles. The van der Waals surface area contributed by atoms with Crippen LogP contribution in [-0.4, -0.2) is 43.3 Å². The summed E-state index contributed by atoms with van der Waals surface area (Å²) >= 11 is 0. The Hall–Kier alpha value is -2.41. The molecule has 3 fully saturated rings. The van der Waals surface area contributed by atoms with Gasteiger partial charge in [0, 0.05) is 18.0 Å². The average Bonchev–Trinajstić information content (AvgIpc) is 2.95. The third-order valence-corrected chi connectivity index (χ3v) is 9.00. The van der Waals surface area contributed by atoms with Gasteiger partial charge in [-0.15, -0.1) is 0 Å². The van der Waals surface area contributed by atoms with E-state index in [1.54, 1.807) is 0 Å². The van der Waals surface area contributed by atoms with E-state index in [0.717, 1.165) is 70.0 Å². The number of piperidine rings is 1. The first-order valence-corrected chi connectivity index (χ1v) is 14.7. The Morgan fingerprint density at radius 2 is 1.46 bits per heavy atom. The van der Waals surface area contributed by atoms with Crippen molar-refractivity contribution < 1.29 is 9.59 Å². The molecule has 6 N–H and O–H groups in total. The molecule has 204 valence electrons. The second kappa shape index (κ2) is 13.9. The fraction of sp³-hybridized carbons (Fsp3) is 0.700. The Morgan fingerprint density at radius 3 is 2.05 bits per heavy atom. The Bertz CT molecular complexity index is 884. The topological polar surface area (TPSA) is 120 Å². The van der Waals surface area contributed by atoms with E-state index in [4.69, 9.17) is 11.1 Å². The molecule has 1 heterocycles. The van der Waals surface area contributed by atoms with Gasteiger partial charge in [-0.1, -0.05) is 62.8 Å². The van der Waals surface area contributed by atoms with Gasteiger partial charge in [0.25, 0.3) is 0 Å². The number of carbonyl (C=O) groups excluding carboxylic acids is 2. The largest absolute Gasteiger partial charge is 0.384 e. The first-order valence-electron chi connectivity index (χ1n) is 14.7. The van der Waals surface area contributed by atoms with E-state index in [2.05, 4.69) is 16.0 Å². The van der Waals surface area contributed by atoms with Crippen molar-refractivity contribution in [1.82, 2.24) is 16.0 Å². The minimum Gasteiger partial charge on any atom is -0.384 e. The zero-order chi connectivity index (χ0) is 26.0. The van der Waals surface area contributed by atoms with E-state index in [9.17, 15) is 9.59 Å². The molecule has 2 saturated carbocycles. The van der Waals surface area contributed by atoms with Gasteiger partial charge in [-0.05, 0) is 81.4 Å². The van der Waals surface area contributed by atoms with Crippen LogP contribution in [0.15, 0.2) is 24.3 Å². The van der Waals surface area contributed by atoms with Crippen LogP contribution < -0.4 is 21.7 Å². The van der Waals surface area contributed by atoms with E-state index in [1.807, 2.05) is 24.3 Å². The van der Waals surface area contributed by atoms with Crippen molar-refractivity contribution in [3.8, 4) is 0 Å². The lowest BCUT2D eigenvalue weighted by molar-refractivity contribution is -0.134. The molecule has 7 heteroatoms. The molecule has 0 radical (unpaired) electrons. The number of benzene rings is 1. The highest BCUT2D eigenvalue weighted by Crippen LogP contribution is 2.33. The molecule has 37 heavy (non-hydrogen) atoms. The van der Waals surface area contributed by atoms with E-state index in [-0.39, 0.29) is 29.5 Å². The molecule has 1 aromatic rings. The van der Waals surface area contributed by atoms with Crippen LogP contribution >= 0.6 is 0 Å². The van der Waals surface area contributed by atoms with Crippen molar-refractivity contribution in [2.24, 2.45) is 29.4 Å². The van der Waals surface area contributed by atoms with E-state index in [0.29, 0.717) is 30.4 Å². The second-order valence-electron chi connectivity index (χ2n) is 11.6. The lowest BCUT2D eigenvalue weighted by atomic mass is 9.76. The van der Waals surface area contributed by atoms with Gasteiger partial charge in [0.15, 0.2) is 0 Å². The standard InChI is InChI=1S/C30H47N5O2/c31-28(32)25-13-11-21(12-14-25)19-26(23-7-3-1-4-8-23)29(36)35-27(24-9-5-2-6-10-24)30(37)34-20-22-15-17-33-18-16-22/h11-14,22-24,26-27,33H,1-10,15-20H2,(H3,31,32)(H,34,37)(H,35,36).